The summed E-state index contributed by atoms with van der Waals surface area (Å²) < 4.78 is 13.1. The monoisotopic (exact) mass is 439 g/mol. The Morgan fingerprint density at radius 3 is 2.29 bits per heavy atom. The molecule has 0 saturated carbocycles. The van der Waals surface area contributed by atoms with Crippen molar-refractivity contribution >= 4 is 30.6 Å². The van der Waals surface area contributed by atoms with Gasteiger partial charge in [-0.3, -0.25) is 4.68 Å². The molecule has 0 unspecified atom stereocenters. The van der Waals surface area contributed by atoms with Gasteiger partial charge >= 0.3 is 5.97 Å². The summed E-state index contributed by atoms with van der Waals surface area (Å²) in [6.45, 7) is 16.4. The molecule has 0 aliphatic carbocycles. The number of esters is 1. The molecule has 31 heavy (non-hydrogen) atoms. The molecule has 1 heterocycles. The van der Waals surface area contributed by atoms with Gasteiger partial charge in [0.05, 0.1) is 13.8 Å². The zero-order valence-electron chi connectivity index (χ0n) is 19.9. The number of rotatable bonds is 7. The topological polar surface area (TPSA) is 77.1 Å². The summed E-state index contributed by atoms with van der Waals surface area (Å²) >= 11 is 0. The second-order valence-electron chi connectivity index (χ2n) is 9.51. The van der Waals surface area contributed by atoms with Crippen LogP contribution >= 0.6 is 0 Å². The van der Waals surface area contributed by atoms with E-state index in [1.54, 1.807) is 25.5 Å². The molecule has 6 nitrogen and oxygen atoms in total. The highest BCUT2D eigenvalue weighted by atomic mass is 28.3. The fourth-order valence-corrected chi connectivity index (χ4v) is 4.30. The number of carbonyl (C=O) groups is 1. The van der Waals surface area contributed by atoms with Crippen LogP contribution in [0.15, 0.2) is 30.3 Å². The molecule has 0 atom stereocenters. The van der Waals surface area contributed by atoms with Gasteiger partial charge in [0.25, 0.3) is 0 Å². The standard InChI is InChI=1S/C24H33N3O3Si/c1-9-27-21(14-17(2)26-27)23(29-16-22(28)30-24(3,4)5)20(15-25)18-10-12-19(13-11-18)31(6,7)8/h10-14H,9,16H2,1-8H3/b23-20-. The third-order valence-corrected chi connectivity index (χ3v) is 6.63. The molecule has 166 valence electrons. The van der Waals surface area contributed by atoms with Crippen LogP contribution in [0, 0.1) is 18.3 Å². The van der Waals surface area contributed by atoms with E-state index in [1.165, 1.54) is 5.19 Å². The maximum atomic E-state index is 12.3. The molecule has 2 rings (SSSR count). The lowest BCUT2D eigenvalue weighted by Gasteiger charge is -2.20. The number of nitrogens with zero attached hydrogens (tertiary/aromatic N) is 3. The van der Waals surface area contributed by atoms with E-state index in [2.05, 4.69) is 42.9 Å². The smallest absolute Gasteiger partial charge is 0.344 e. The van der Waals surface area contributed by atoms with Crippen molar-refractivity contribution < 1.29 is 14.3 Å². The van der Waals surface area contributed by atoms with E-state index < -0.39 is 19.6 Å². The Bertz CT molecular complexity index is 1000. The predicted octanol–water partition coefficient (Wildman–Crippen LogP) is 4.51. The highest BCUT2D eigenvalue weighted by molar-refractivity contribution is 6.88. The number of allylic oxidation sites excluding steroid dienone is 1. The number of benzene rings is 1. The van der Waals surface area contributed by atoms with Crippen LogP contribution in [0.5, 0.6) is 0 Å². The molecule has 0 aliphatic heterocycles. The van der Waals surface area contributed by atoms with E-state index in [9.17, 15) is 10.1 Å². The SMILES string of the molecule is CCn1nc(C)cc1/C(OCC(=O)OC(C)(C)C)=C(\C#N)c1ccc([Si](C)(C)C)cc1. The fraction of sp³-hybridized carbons (Fsp3) is 0.458. The van der Waals surface area contributed by atoms with Gasteiger partial charge in [0, 0.05) is 6.54 Å². The minimum absolute atomic E-state index is 0.293. The van der Waals surface area contributed by atoms with Gasteiger partial charge in [0.15, 0.2) is 12.4 Å². The Hall–Kier alpha value is -2.85. The summed E-state index contributed by atoms with van der Waals surface area (Å²) in [5.74, 6) is -0.160. The molecule has 0 fully saturated rings. The maximum absolute atomic E-state index is 12.3. The average Bonchev–Trinajstić information content (AvgIpc) is 3.03. The van der Waals surface area contributed by atoms with Crippen LogP contribution in [-0.2, 0) is 20.8 Å². The normalized spacial score (nSPS) is 12.7. The Kier molecular flexibility index (Phi) is 7.50. The van der Waals surface area contributed by atoms with E-state index in [0.29, 0.717) is 23.6 Å². The molecule has 0 amide bonds. The van der Waals surface area contributed by atoms with Gasteiger partial charge in [-0.1, -0.05) is 49.1 Å². The molecule has 0 aliphatic rings. The van der Waals surface area contributed by atoms with Gasteiger partial charge < -0.3 is 9.47 Å². The van der Waals surface area contributed by atoms with Crippen LogP contribution in [0.4, 0.5) is 0 Å². The van der Waals surface area contributed by atoms with Crippen LogP contribution in [-0.4, -0.2) is 36.0 Å². The number of carbonyl (C=O) groups excluding carboxylic acids is 1. The molecular formula is C24H33N3O3Si. The zero-order chi connectivity index (χ0) is 23.4. The number of aryl methyl sites for hydroxylation is 2. The van der Waals surface area contributed by atoms with Crippen molar-refractivity contribution in [3.05, 3.63) is 47.3 Å². The molecule has 0 saturated heterocycles. The lowest BCUT2D eigenvalue weighted by atomic mass is 10.0. The molecule has 0 N–H and O–H groups in total. The van der Waals surface area contributed by atoms with Gasteiger partial charge in [-0.15, -0.1) is 0 Å². The van der Waals surface area contributed by atoms with Crippen LogP contribution in [0.3, 0.4) is 0 Å². The first-order chi connectivity index (χ1) is 14.4. The van der Waals surface area contributed by atoms with Crippen molar-refractivity contribution in [1.82, 2.24) is 9.78 Å². The summed E-state index contributed by atoms with van der Waals surface area (Å²) in [7, 11) is -1.46. The molecule has 2 aromatic rings. The number of nitriles is 1. The zero-order valence-corrected chi connectivity index (χ0v) is 20.9. The summed E-state index contributed by atoms with van der Waals surface area (Å²) in [5.41, 5.74) is 1.96. The first kappa shape index (κ1) is 24.4. The van der Waals surface area contributed by atoms with Gasteiger partial charge in [-0.25, -0.2) is 4.79 Å². The fourth-order valence-electron chi connectivity index (χ4n) is 3.13. The summed E-state index contributed by atoms with van der Waals surface area (Å²) in [6, 6.07) is 12.2. The molecule has 7 heteroatoms. The summed E-state index contributed by atoms with van der Waals surface area (Å²) in [5, 5.41) is 15.8. The van der Waals surface area contributed by atoms with Crippen molar-refractivity contribution in [2.24, 2.45) is 0 Å². The predicted molar refractivity (Wildman–Crippen MR) is 126 cm³/mol. The largest absolute Gasteiger partial charge is 0.478 e. The van der Waals surface area contributed by atoms with Gasteiger partial charge in [0.1, 0.15) is 22.9 Å². The molecule has 0 bridgehead atoms. The average molecular weight is 440 g/mol. The van der Waals surface area contributed by atoms with Crippen LogP contribution in [0.2, 0.25) is 19.6 Å². The van der Waals surface area contributed by atoms with Crippen LogP contribution in [0.1, 0.15) is 44.6 Å². The number of ether oxygens (including phenoxy) is 2. The van der Waals surface area contributed by atoms with Crippen molar-refractivity contribution in [1.29, 1.82) is 5.26 Å². The summed E-state index contributed by atoms with van der Waals surface area (Å²) in [6.07, 6.45) is 0. The van der Waals surface area contributed by atoms with Crippen molar-refractivity contribution in [3.63, 3.8) is 0 Å². The molecule has 1 aromatic carbocycles. The Morgan fingerprint density at radius 1 is 1.19 bits per heavy atom. The number of hydrogen-bond acceptors (Lipinski definition) is 5. The van der Waals surface area contributed by atoms with E-state index in [1.807, 2.05) is 32.0 Å². The third kappa shape index (κ3) is 6.56. The quantitative estimate of drug-likeness (QED) is 0.275. The van der Waals surface area contributed by atoms with Gasteiger partial charge in [-0.2, -0.15) is 10.4 Å². The molecular weight excluding hydrogens is 406 g/mol. The lowest BCUT2D eigenvalue weighted by Crippen LogP contribution is -2.37. The maximum Gasteiger partial charge on any atom is 0.344 e. The Morgan fingerprint density at radius 2 is 1.81 bits per heavy atom. The van der Waals surface area contributed by atoms with Crippen LogP contribution in [0.25, 0.3) is 11.3 Å². The Balaban J connectivity index is 2.54. The van der Waals surface area contributed by atoms with E-state index in [0.717, 1.165) is 11.3 Å². The van der Waals surface area contributed by atoms with Crippen molar-refractivity contribution in [2.75, 3.05) is 6.61 Å². The minimum Gasteiger partial charge on any atom is -0.478 e. The highest BCUT2D eigenvalue weighted by Gasteiger charge is 2.23. The first-order valence-corrected chi connectivity index (χ1v) is 14.0. The second-order valence-corrected chi connectivity index (χ2v) is 14.6. The van der Waals surface area contributed by atoms with E-state index in [-0.39, 0.29) is 6.61 Å². The van der Waals surface area contributed by atoms with Crippen molar-refractivity contribution in [3.8, 4) is 6.07 Å². The lowest BCUT2D eigenvalue weighted by molar-refractivity contribution is -0.157. The van der Waals surface area contributed by atoms with Crippen molar-refractivity contribution in [2.45, 2.75) is 66.4 Å². The van der Waals surface area contributed by atoms with E-state index >= 15 is 0 Å². The van der Waals surface area contributed by atoms with Gasteiger partial charge in [-0.05, 0) is 46.2 Å². The van der Waals surface area contributed by atoms with Crippen LogP contribution < -0.4 is 5.19 Å². The number of hydrogen-bond donors (Lipinski definition) is 0. The van der Waals surface area contributed by atoms with Gasteiger partial charge in [0.2, 0.25) is 0 Å². The minimum atomic E-state index is -1.46. The third-order valence-electron chi connectivity index (χ3n) is 4.57. The molecule has 0 spiro atoms. The Labute approximate surface area is 186 Å². The highest BCUT2D eigenvalue weighted by Crippen LogP contribution is 2.28. The second kappa shape index (κ2) is 9.52. The van der Waals surface area contributed by atoms with E-state index in [4.69, 9.17) is 9.47 Å². The molecule has 1 aromatic heterocycles. The number of aromatic nitrogens is 2. The molecule has 0 radical (unpaired) electrons. The summed E-state index contributed by atoms with van der Waals surface area (Å²) in [4.78, 5) is 12.3. The first-order valence-electron chi connectivity index (χ1n) is 10.5.